The van der Waals surface area contributed by atoms with Crippen molar-refractivity contribution in [2.45, 2.75) is 36.6 Å². The summed E-state index contributed by atoms with van der Waals surface area (Å²) in [5, 5.41) is 0.297. The molecular weight excluding hydrogens is 347 g/mol. The summed E-state index contributed by atoms with van der Waals surface area (Å²) in [7, 11) is -2.05. The second-order valence-electron chi connectivity index (χ2n) is 5.14. The molecule has 1 heterocycles. The molecule has 22 heavy (non-hydrogen) atoms. The number of sulfonamides is 1. The highest BCUT2D eigenvalue weighted by molar-refractivity contribution is 7.89. The standard InChI is InChI=1S/C14H21ClN2O3S.ClH/c1-20-14-6-5-12(10-13(14)15)21(18,19)17-9-3-2-4-11(17)7-8-16;/h5-6,10-11H,2-4,7-9,16H2,1H3;1H. The van der Waals surface area contributed by atoms with Crippen LogP contribution in [0.25, 0.3) is 0 Å². The highest BCUT2D eigenvalue weighted by Gasteiger charge is 2.33. The first kappa shape index (κ1) is 19.5. The maximum atomic E-state index is 12.8. The average molecular weight is 369 g/mol. The maximum absolute atomic E-state index is 12.8. The summed E-state index contributed by atoms with van der Waals surface area (Å²) in [6.45, 7) is 1.02. The van der Waals surface area contributed by atoms with Gasteiger partial charge in [-0.2, -0.15) is 4.31 Å². The molecule has 1 aromatic rings. The molecule has 0 aliphatic carbocycles. The Morgan fingerprint density at radius 1 is 1.41 bits per heavy atom. The van der Waals surface area contributed by atoms with Gasteiger partial charge in [-0.1, -0.05) is 18.0 Å². The lowest BCUT2D eigenvalue weighted by Crippen LogP contribution is -2.44. The fraction of sp³-hybridized carbons (Fsp3) is 0.571. The normalized spacial score (nSPS) is 19.5. The van der Waals surface area contributed by atoms with Crippen molar-refractivity contribution in [3.05, 3.63) is 23.2 Å². The van der Waals surface area contributed by atoms with Gasteiger partial charge in [-0.15, -0.1) is 12.4 Å². The first-order chi connectivity index (χ1) is 10.0. The van der Waals surface area contributed by atoms with E-state index in [0.29, 0.717) is 30.3 Å². The number of hydrogen-bond acceptors (Lipinski definition) is 4. The van der Waals surface area contributed by atoms with E-state index in [2.05, 4.69) is 0 Å². The molecule has 0 spiro atoms. The van der Waals surface area contributed by atoms with Crippen molar-refractivity contribution in [2.24, 2.45) is 5.73 Å². The van der Waals surface area contributed by atoms with Gasteiger partial charge in [0.25, 0.3) is 0 Å². The Hall–Kier alpha value is -0.530. The maximum Gasteiger partial charge on any atom is 0.243 e. The third kappa shape index (κ3) is 4.06. The van der Waals surface area contributed by atoms with E-state index in [4.69, 9.17) is 22.1 Å². The van der Waals surface area contributed by atoms with Crippen molar-refractivity contribution in [2.75, 3.05) is 20.2 Å². The number of methoxy groups -OCH3 is 1. The lowest BCUT2D eigenvalue weighted by molar-refractivity contribution is 0.243. The van der Waals surface area contributed by atoms with Crippen molar-refractivity contribution >= 4 is 34.0 Å². The molecule has 5 nitrogen and oxygen atoms in total. The number of halogens is 2. The first-order valence-corrected chi connectivity index (χ1v) is 8.88. The fourth-order valence-corrected chi connectivity index (χ4v) is 4.79. The number of rotatable bonds is 5. The van der Waals surface area contributed by atoms with Gasteiger partial charge in [0, 0.05) is 12.6 Å². The Kier molecular flexibility index (Phi) is 7.41. The Bertz CT molecular complexity index is 594. The van der Waals surface area contributed by atoms with Gasteiger partial charge in [0.15, 0.2) is 0 Å². The summed E-state index contributed by atoms with van der Waals surface area (Å²) in [5.74, 6) is 0.466. The Balaban J connectivity index is 0.00000242. The molecule has 8 heteroatoms. The molecule has 0 aromatic heterocycles. The molecule has 0 bridgehead atoms. The van der Waals surface area contributed by atoms with Crippen LogP contribution < -0.4 is 10.5 Å². The zero-order valence-corrected chi connectivity index (χ0v) is 14.9. The van der Waals surface area contributed by atoms with E-state index in [1.807, 2.05) is 0 Å². The molecule has 1 atom stereocenters. The highest BCUT2D eigenvalue weighted by Crippen LogP contribution is 2.31. The van der Waals surface area contributed by atoms with E-state index in [1.165, 1.54) is 19.2 Å². The minimum Gasteiger partial charge on any atom is -0.495 e. The monoisotopic (exact) mass is 368 g/mol. The van der Waals surface area contributed by atoms with Crippen molar-refractivity contribution in [1.82, 2.24) is 4.31 Å². The Labute approximate surface area is 143 Å². The number of benzene rings is 1. The van der Waals surface area contributed by atoms with Gasteiger partial charge in [0.05, 0.1) is 17.0 Å². The smallest absolute Gasteiger partial charge is 0.243 e. The molecule has 1 saturated heterocycles. The van der Waals surface area contributed by atoms with Gasteiger partial charge in [0.2, 0.25) is 10.0 Å². The topological polar surface area (TPSA) is 72.6 Å². The minimum absolute atomic E-state index is 0. The summed E-state index contributed by atoms with van der Waals surface area (Å²) in [5.41, 5.74) is 5.61. The van der Waals surface area contributed by atoms with Gasteiger partial charge in [0.1, 0.15) is 5.75 Å². The van der Waals surface area contributed by atoms with Gasteiger partial charge in [-0.3, -0.25) is 0 Å². The lowest BCUT2D eigenvalue weighted by atomic mass is 10.0. The number of piperidine rings is 1. The molecule has 0 saturated carbocycles. The van der Waals surface area contributed by atoms with Crippen LogP contribution >= 0.6 is 24.0 Å². The SMILES string of the molecule is COc1ccc(S(=O)(=O)N2CCCCC2CCN)cc1Cl.Cl. The van der Waals surface area contributed by atoms with Crippen LogP contribution in [-0.4, -0.2) is 39.0 Å². The zero-order valence-electron chi connectivity index (χ0n) is 12.5. The second-order valence-corrected chi connectivity index (χ2v) is 7.44. The predicted molar refractivity (Wildman–Crippen MR) is 90.5 cm³/mol. The van der Waals surface area contributed by atoms with Crippen LogP contribution in [0.5, 0.6) is 5.75 Å². The molecule has 1 aromatic carbocycles. The minimum atomic E-state index is -3.54. The molecule has 2 N–H and O–H groups in total. The summed E-state index contributed by atoms with van der Waals surface area (Å²) in [6.07, 6.45) is 3.47. The largest absolute Gasteiger partial charge is 0.495 e. The van der Waals surface area contributed by atoms with Crippen molar-refractivity contribution in [3.8, 4) is 5.75 Å². The second kappa shape index (κ2) is 8.36. The van der Waals surface area contributed by atoms with Crippen LogP contribution in [0, 0.1) is 0 Å². The quantitative estimate of drug-likeness (QED) is 0.866. The average Bonchev–Trinajstić information content (AvgIpc) is 2.48. The predicted octanol–water partition coefficient (Wildman–Crippen LogP) is 2.66. The molecule has 1 unspecified atom stereocenters. The summed E-state index contributed by atoms with van der Waals surface area (Å²) in [6, 6.07) is 4.55. The van der Waals surface area contributed by atoms with Crippen molar-refractivity contribution in [3.63, 3.8) is 0 Å². The Morgan fingerprint density at radius 3 is 2.73 bits per heavy atom. The summed E-state index contributed by atoms with van der Waals surface area (Å²) >= 11 is 6.04. The van der Waals surface area contributed by atoms with E-state index in [1.54, 1.807) is 10.4 Å². The van der Waals surface area contributed by atoms with Crippen LogP contribution in [0.2, 0.25) is 5.02 Å². The molecule has 126 valence electrons. The van der Waals surface area contributed by atoms with E-state index in [-0.39, 0.29) is 23.3 Å². The van der Waals surface area contributed by atoms with Gasteiger partial charge in [-0.25, -0.2) is 8.42 Å². The first-order valence-electron chi connectivity index (χ1n) is 7.06. The van der Waals surface area contributed by atoms with Crippen molar-refractivity contribution < 1.29 is 13.2 Å². The molecule has 2 rings (SSSR count). The van der Waals surface area contributed by atoms with E-state index >= 15 is 0 Å². The van der Waals surface area contributed by atoms with Crippen LogP contribution in [0.3, 0.4) is 0 Å². The summed E-state index contributed by atoms with van der Waals surface area (Å²) < 4.78 is 32.3. The van der Waals surface area contributed by atoms with Crippen molar-refractivity contribution in [1.29, 1.82) is 0 Å². The van der Waals surface area contributed by atoms with E-state index in [0.717, 1.165) is 19.3 Å². The molecule has 0 radical (unpaired) electrons. The fourth-order valence-electron chi connectivity index (χ4n) is 2.71. The van der Waals surface area contributed by atoms with E-state index < -0.39 is 10.0 Å². The molecule has 1 fully saturated rings. The highest BCUT2D eigenvalue weighted by atomic mass is 35.5. The summed E-state index contributed by atoms with van der Waals surface area (Å²) in [4.78, 5) is 0.206. The zero-order chi connectivity index (χ0) is 15.5. The number of ether oxygens (including phenoxy) is 1. The lowest BCUT2D eigenvalue weighted by Gasteiger charge is -2.34. The van der Waals surface area contributed by atoms with E-state index in [9.17, 15) is 8.42 Å². The van der Waals surface area contributed by atoms with Crippen LogP contribution in [0.1, 0.15) is 25.7 Å². The number of nitrogens with zero attached hydrogens (tertiary/aromatic N) is 1. The third-order valence-corrected chi connectivity index (χ3v) is 6.05. The number of hydrogen-bond donors (Lipinski definition) is 1. The number of nitrogens with two attached hydrogens (primary N) is 1. The third-order valence-electron chi connectivity index (χ3n) is 3.80. The molecule has 0 amide bonds. The van der Waals surface area contributed by atoms with Crippen LogP contribution in [0.15, 0.2) is 23.1 Å². The Morgan fingerprint density at radius 2 is 2.14 bits per heavy atom. The molecule has 1 aliphatic heterocycles. The van der Waals surface area contributed by atoms with Gasteiger partial charge >= 0.3 is 0 Å². The van der Waals surface area contributed by atoms with Crippen LogP contribution in [-0.2, 0) is 10.0 Å². The molecular formula is C14H22Cl2N2O3S. The van der Waals surface area contributed by atoms with Gasteiger partial charge in [-0.05, 0) is 44.0 Å². The van der Waals surface area contributed by atoms with Gasteiger partial charge < -0.3 is 10.5 Å². The van der Waals surface area contributed by atoms with Crippen LogP contribution in [0.4, 0.5) is 0 Å². The molecule has 1 aliphatic rings.